The average Bonchev–Trinajstić information content (AvgIpc) is 3.12. The molecule has 4 aromatic rings. The maximum Gasteiger partial charge on any atom is 0.213 e. The van der Waals surface area contributed by atoms with E-state index in [0.717, 1.165) is 35.9 Å². The lowest BCUT2D eigenvalue weighted by Crippen LogP contribution is -1.99. The number of fused-ring (bicyclic) bond motifs is 2. The summed E-state index contributed by atoms with van der Waals surface area (Å²) >= 11 is 0. The summed E-state index contributed by atoms with van der Waals surface area (Å²) < 4.78 is 5.41. The van der Waals surface area contributed by atoms with Crippen molar-refractivity contribution >= 4 is 22.0 Å². The van der Waals surface area contributed by atoms with Gasteiger partial charge in [-0.25, -0.2) is 4.98 Å². The summed E-state index contributed by atoms with van der Waals surface area (Å²) in [7, 11) is 1.67. The first kappa shape index (κ1) is 19.6. The molecule has 0 radical (unpaired) electrons. The number of allylic oxidation sites excluding steroid dienone is 1. The van der Waals surface area contributed by atoms with Crippen LogP contribution in [0.5, 0.6) is 5.88 Å². The minimum Gasteiger partial charge on any atom is -0.481 e. The van der Waals surface area contributed by atoms with Crippen LogP contribution in [-0.4, -0.2) is 22.2 Å². The van der Waals surface area contributed by atoms with Crippen LogP contribution >= 0.6 is 0 Å². The molecule has 2 heterocycles. The van der Waals surface area contributed by atoms with E-state index < -0.39 is 0 Å². The van der Waals surface area contributed by atoms with Crippen molar-refractivity contribution in [3.05, 3.63) is 94.3 Å². The molecule has 2 N–H and O–H groups in total. The molecule has 0 saturated heterocycles. The van der Waals surface area contributed by atoms with Crippen molar-refractivity contribution in [2.75, 3.05) is 7.11 Å². The van der Waals surface area contributed by atoms with Crippen LogP contribution in [0.4, 0.5) is 0 Å². The first-order chi connectivity index (χ1) is 15.2. The molecule has 1 aliphatic carbocycles. The summed E-state index contributed by atoms with van der Waals surface area (Å²) in [6.45, 7) is 2.19. The zero-order chi connectivity index (χ0) is 21.4. The zero-order valence-electron chi connectivity index (χ0n) is 17.9. The van der Waals surface area contributed by atoms with Gasteiger partial charge in [0.25, 0.3) is 0 Å². The molecule has 156 valence electrons. The second-order valence-electron chi connectivity index (χ2n) is 8.16. The summed E-state index contributed by atoms with van der Waals surface area (Å²) in [4.78, 5) is 7.84. The van der Waals surface area contributed by atoms with E-state index in [0.29, 0.717) is 5.88 Å². The smallest absolute Gasteiger partial charge is 0.213 e. The van der Waals surface area contributed by atoms with Crippen molar-refractivity contribution in [2.24, 2.45) is 0 Å². The van der Waals surface area contributed by atoms with E-state index in [1.54, 1.807) is 7.11 Å². The molecule has 4 heteroatoms. The predicted molar refractivity (Wildman–Crippen MR) is 125 cm³/mol. The number of aromatic nitrogens is 2. The number of pyridine rings is 1. The van der Waals surface area contributed by atoms with E-state index in [1.807, 2.05) is 12.3 Å². The third-order valence-corrected chi connectivity index (χ3v) is 6.22. The van der Waals surface area contributed by atoms with E-state index >= 15 is 0 Å². The van der Waals surface area contributed by atoms with Gasteiger partial charge >= 0.3 is 0 Å². The highest BCUT2D eigenvalue weighted by Crippen LogP contribution is 2.41. The quantitative estimate of drug-likeness (QED) is 0.456. The fourth-order valence-electron chi connectivity index (χ4n) is 4.71. The van der Waals surface area contributed by atoms with Gasteiger partial charge in [-0.15, -0.1) is 0 Å². The van der Waals surface area contributed by atoms with Gasteiger partial charge in [-0.05, 0) is 77.8 Å². The molecule has 0 bridgehead atoms. The van der Waals surface area contributed by atoms with Crippen LogP contribution in [0.25, 0.3) is 22.0 Å². The molecular formula is C27H26N2O2. The molecule has 31 heavy (non-hydrogen) atoms. The monoisotopic (exact) mass is 410 g/mol. The standard InChI is InChI=1S/C27H26N2O2/c1-17-6-3-4-8-22(17)23-9-5-7-18-14-26(31-2)28-15-24(18)27(23)19-10-11-25-20(12-19)13-21(16-30)29-25/h3-4,6,8,10-15,29-30H,5,7,9,16H2,1-2H3. The number of aryl methyl sites for hydroxylation is 2. The van der Waals surface area contributed by atoms with Gasteiger partial charge in [0, 0.05) is 34.4 Å². The maximum atomic E-state index is 9.53. The Morgan fingerprint density at radius 1 is 1.03 bits per heavy atom. The Morgan fingerprint density at radius 3 is 2.71 bits per heavy atom. The van der Waals surface area contributed by atoms with Crippen molar-refractivity contribution in [1.82, 2.24) is 9.97 Å². The minimum atomic E-state index is 0.00766. The maximum absolute atomic E-state index is 9.53. The Bertz CT molecular complexity index is 1300. The first-order valence-corrected chi connectivity index (χ1v) is 10.7. The van der Waals surface area contributed by atoms with Gasteiger partial charge in [0.1, 0.15) is 0 Å². The van der Waals surface area contributed by atoms with Gasteiger partial charge in [0.15, 0.2) is 0 Å². The second kappa shape index (κ2) is 8.05. The largest absolute Gasteiger partial charge is 0.481 e. The summed E-state index contributed by atoms with van der Waals surface area (Å²) in [5.74, 6) is 0.658. The fourth-order valence-corrected chi connectivity index (χ4v) is 4.71. The summed E-state index contributed by atoms with van der Waals surface area (Å²) in [6.07, 6.45) is 5.04. The van der Waals surface area contributed by atoms with Crippen LogP contribution in [-0.2, 0) is 13.0 Å². The normalized spacial score (nSPS) is 13.9. The number of nitrogens with one attached hydrogen (secondary N) is 1. The minimum absolute atomic E-state index is 0.00766. The molecular weight excluding hydrogens is 384 g/mol. The van der Waals surface area contributed by atoms with Crippen LogP contribution in [0, 0.1) is 6.92 Å². The molecule has 0 atom stereocenters. The number of H-pyrrole nitrogens is 1. The van der Waals surface area contributed by atoms with Gasteiger partial charge < -0.3 is 14.8 Å². The summed E-state index contributed by atoms with van der Waals surface area (Å²) in [5, 5.41) is 10.6. The van der Waals surface area contributed by atoms with Crippen molar-refractivity contribution in [3.8, 4) is 5.88 Å². The molecule has 5 rings (SSSR count). The number of rotatable bonds is 4. The SMILES string of the molecule is COc1cc2c(cn1)C(c1ccc3[nH]c(CO)cc3c1)=C(c1ccccc1C)CCC2. The van der Waals surface area contributed by atoms with E-state index in [1.165, 1.54) is 39.0 Å². The van der Waals surface area contributed by atoms with E-state index in [4.69, 9.17) is 4.74 Å². The van der Waals surface area contributed by atoms with Gasteiger partial charge in [0.05, 0.1) is 13.7 Å². The molecule has 0 aliphatic heterocycles. The Kier molecular flexibility index (Phi) is 5.08. The van der Waals surface area contributed by atoms with Crippen LogP contribution in [0.1, 0.15) is 46.4 Å². The number of ether oxygens (including phenoxy) is 1. The Morgan fingerprint density at radius 2 is 1.90 bits per heavy atom. The molecule has 2 aromatic carbocycles. The van der Waals surface area contributed by atoms with Crippen molar-refractivity contribution in [1.29, 1.82) is 0 Å². The number of hydrogen-bond acceptors (Lipinski definition) is 3. The molecule has 0 amide bonds. The fraction of sp³-hybridized carbons (Fsp3) is 0.222. The van der Waals surface area contributed by atoms with E-state index in [9.17, 15) is 5.11 Å². The molecule has 2 aromatic heterocycles. The van der Waals surface area contributed by atoms with Gasteiger partial charge in [-0.1, -0.05) is 30.3 Å². The van der Waals surface area contributed by atoms with Crippen molar-refractivity contribution in [3.63, 3.8) is 0 Å². The molecule has 4 nitrogen and oxygen atoms in total. The highest BCUT2D eigenvalue weighted by molar-refractivity contribution is 6.02. The lowest BCUT2D eigenvalue weighted by atomic mass is 9.87. The van der Waals surface area contributed by atoms with Crippen LogP contribution in [0.2, 0.25) is 0 Å². The number of aliphatic hydroxyl groups excluding tert-OH is 1. The number of aliphatic hydroxyl groups is 1. The molecule has 0 fully saturated rings. The zero-order valence-corrected chi connectivity index (χ0v) is 17.9. The van der Waals surface area contributed by atoms with Gasteiger partial charge in [0.2, 0.25) is 5.88 Å². The third kappa shape index (κ3) is 3.53. The Balaban J connectivity index is 1.80. The molecule has 1 aliphatic rings. The van der Waals surface area contributed by atoms with Crippen molar-refractivity contribution in [2.45, 2.75) is 32.8 Å². The predicted octanol–water partition coefficient (Wildman–Crippen LogP) is 5.67. The van der Waals surface area contributed by atoms with Crippen LogP contribution in [0.15, 0.2) is 60.8 Å². The number of methoxy groups -OCH3 is 1. The number of hydrogen-bond donors (Lipinski definition) is 2. The Hall–Kier alpha value is -3.37. The average molecular weight is 411 g/mol. The summed E-state index contributed by atoms with van der Waals surface area (Å²) in [5.41, 5.74) is 10.7. The third-order valence-electron chi connectivity index (χ3n) is 6.22. The summed E-state index contributed by atoms with van der Waals surface area (Å²) in [6, 6.07) is 19.2. The molecule has 0 saturated carbocycles. The molecule has 0 spiro atoms. The molecule has 0 unspecified atom stereocenters. The van der Waals surface area contributed by atoms with Gasteiger partial charge in [-0.3, -0.25) is 0 Å². The number of aromatic amines is 1. The number of benzene rings is 2. The van der Waals surface area contributed by atoms with Crippen LogP contribution < -0.4 is 4.74 Å². The highest BCUT2D eigenvalue weighted by Gasteiger charge is 2.22. The van der Waals surface area contributed by atoms with Crippen LogP contribution in [0.3, 0.4) is 0 Å². The van der Waals surface area contributed by atoms with E-state index in [-0.39, 0.29) is 6.61 Å². The first-order valence-electron chi connectivity index (χ1n) is 10.7. The Labute approximate surface area is 182 Å². The van der Waals surface area contributed by atoms with Gasteiger partial charge in [-0.2, -0.15) is 0 Å². The topological polar surface area (TPSA) is 58.1 Å². The number of nitrogens with zero attached hydrogens (tertiary/aromatic N) is 1. The van der Waals surface area contributed by atoms with Crippen molar-refractivity contribution < 1.29 is 9.84 Å². The highest BCUT2D eigenvalue weighted by atomic mass is 16.5. The lowest BCUT2D eigenvalue weighted by molar-refractivity contribution is 0.278. The van der Waals surface area contributed by atoms with E-state index in [2.05, 4.69) is 65.4 Å². The second-order valence-corrected chi connectivity index (χ2v) is 8.16. The lowest BCUT2D eigenvalue weighted by Gasteiger charge is -2.18.